The molecule has 0 aromatic heterocycles. The third-order valence-electron chi connectivity index (χ3n) is 2.49. The second-order valence-corrected chi connectivity index (χ2v) is 3.82. The first-order valence-electron chi connectivity index (χ1n) is 5.45. The smallest absolute Gasteiger partial charge is 0.322 e. The molecule has 3 N–H and O–H groups in total. The number of carboxylic acids is 1. The number of nitrogens with one attached hydrogen (secondary N) is 2. The normalized spacial score (nSPS) is 24.3. The van der Waals surface area contributed by atoms with E-state index in [1.807, 2.05) is 6.92 Å². The van der Waals surface area contributed by atoms with E-state index >= 15 is 0 Å². The van der Waals surface area contributed by atoms with Gasteiger partial charge in [0.15, 0.2) is 0 Å². The first kappa shape index (κ1) is 12.9. The molecule has 92 valence electrons. The Kier molecular flexibility index (Phi) is 5.21. The van der Waals surface area contributed by atoms with Crippen molar-refractivity contribution in [2.45, 2.75) is 19.4 Å². The number of carbonyl (C=O) groups is 2. The summed E-state index contributed by atoms with van der Waals surface area (Å²) in [5.41, 5.74) is 0. The lowest BCUT2D eigenvalue weighted by Gasteiger charge is -2.17. The van der Waals surface area contributed by atoms with Crippen LogP contribution < -0.4 is 10.6 Å². The van der Waals surface area contributed by atoms with E-state index in [0.717, 1.165) is 13.0 Å². The van der Waals surface area contributed by atoms with Crippen molar-refractivity contribution < 1.29 is 19.4 Å². The fourth-order valence-electron chi connectivity index (χ4n) is 1.64. The molecule has 16 heavy (non-hydrogen) atoms. The Balaban J connectivity index is 2.37. The number of carbonyl (C=O) groups excluding carboxylic acids is 1. The highest BCUT2D eigenvalue weighted by Crippen LogP contribution is 2.13. The molecular formula is C10H18N2O4. The zero-order valence-corrected chi connectivity index (χ0v) is 9.36. The molecule has 0 bridgehead atoms. The summed E-state index contributed by atoms with van der Waals surface area (Å²) in [5, 5.41) is 14.0. The van der Waals surface area contributed by atoms with Gasteiger partial charge in [-0.2, -0.15) is 0 Å². The molecule has 1 heterocycles. The van der Waals surface area contributed by atoms with Gasteiger partial charge in [0.05, 0.1) is 19.1 Å². The first-order chi connectivity index (χ1) is 7.65. The molecule has 2 unspecified atom stereocenters. The maximum absolute atomic E-state index is 11.6. The summed E-state index contributed by atoms with van der Waals surface area (Å²) >= 11 is 0. The minimum absolute atomic E-state index is 0.00579. The predicted molar refractivity (Wildman–Crippen MR) is 57.0 cm³/mol. The summed E-state index contributed by atoms with van der Waals surface area (Å²) in [6.07, 6.45) is 0.986. The number of hydrogen-bond acceptors (Lipinski definition) is 4. The maximum atomic E-state index is 11.6. The summed E-state index contributed by atoms with van der Waals surface area (Å²) in [4.78, 5) is 21.9. The highest BCUT2D eigenvalue weighted by atomic mass is 16.5. The molecule has 6 heteroatoms. The SMILES string of the molecule is CCCNC1COCC1C(=O)NCC(=O)O. The fraction of sp³-hybridized carbons (Fsp3) is 0.800. The summed E-state index contributed by atoms with van der Waals surface area (Å²) in [6, 6.07) is -0.00579. The van der Waals surface area contributed by atoms with Crippen molar-refractivity contribution in [3.05, 3.63) is 0 Å². The minimum atomic E-state index is -1.04. The van der Waals surface area contributed by atoms with E-state index in [1.54, 1.807) is 0 Å². The molecule has 0 spiro atoms. The monoisotopic (exact) mass is 230 g/mol. The molecule has 0 saturated carbocycles. The molecule has 1 fully saturated rings. The lowest BCUT2D eigenvalue weighted by atomic mass is 10.0. The van der Waals surface area contributed by atoms with Gasteiger partial charge in [0.25, 0.3) is 0 Å². The van der Waals surface area contributed by atoms with Crippen LogP contribution in [-0.2, 0) is 14.3 Å². The van der Waals surface area contributed by atoms with E-state index in [4.69, 9.17) is 9.84 Å². The summed E-state index contributed by atoms with van der Waals surface area (Å²) in [7, 11) is 0. The molecule has 0 aromatic carbocycles. The molecule has 6 nitrogen and oxygen atoms in total. The van der Waals surface area contributed by atoms with Crippen molar-refractivity contribution in [2.24, 2.45) is 5.92 Å². The average Bonchev–Trinajstić information content (AvgIpc) is 2.71. The fourth-order valence-corrected chi connectivity index (χ4v) is 1.64. The Morgan fingerprint density at radius 2 is 2.19 bits per heavy atom. The summed E-state index contributed by atoms with van der Waals surface area (Å²) in [5.74, 6) is -1.58. The molecule has 1 saturated heterocycles. The lowest BCUT2D eigenvalue weighted by Crippen LogP contribution is -2.45. The van der Waals surface area contributed by atoms with Gasteiger partial charge < -0.3 is 20.5 Å². The van der Waals surface area contributed by atoms with Gasteiger partial charge in [-0.25, -0.2) is 0 Å². The van der Waals surface area contributed by atoms with Crippen molar-refractivity contribution >= 4 is 11.9 Å². The predicted octanol–water partition coefficient (Wildman–Crippen LogP) is -0.798. The van der Waals surface area contributed by atoms with Crippen LogP contribution in [0.15, 0.2) is 0 Å². The molecule has 1 amide bonds. The van der Waals surface area contributed by atoms with Crippen LogP contribution in [0.2, 0.25) is 0 Å². The van der Waals surface area contributed by atoms with E-state index in [2.05, 4.69) is 10.6 Å². The van der Waals surface area contributed by atoms with E-state index in [9.17, 15) is 9.59 Å². The highest BCUT2D eigenvalue weighted by molar-refractivity contribution is 5.83. The van der Waals surface area contributed by atoms with Crippen molar-refractivity contribution in [2.75, 3.05) is 26.3 Å². The van der Waals surface area contributed by atoms with Gasteiger partial charge >= 0.3 is 5.97 Å². The Hall–Kier alpha value is -1.14. The summed E-state index contributed by atoms with van der Waals surface area (Å²) < 4.78 is 5.22. The molecular weight excluding hydrogens is 212 g/mol. The number of rotatable bonds is 6. The Morgan fingerprint density at radius 3 is 2.81 bits per heavy atom. The maximum Gasteiger partial charge on any atom is 0.322 e. The Labute approximate surface area is 94.3 Å². The van der Waals surface area contributed by atoms with Crippen LogP contribution in [0.1, 0.15) is 13.3 Å². The number of carboxylic acid groups (broad SMARTS) is 1. The van der Waals surface area contributed by atoms with Crippen LogP contribution in [0.25, 0.3) is 0 Å². The third kappa shape index (κ3) is 3.79. The van der Waals surface area contributed by atoms with Gasteiger partial charge in [-0.15, -0.1) is 0 Å². The third-order valence-corrected chi connectivity index (χ3v) is 2.49. The van der Waals surface area contributed by atoms with Crippen LogP contribution in [-0.4, -0.2) is 49.3 Å². The number of hydrogen-bond donors (Lipinski definition) is 3. The van der Waals surface area contributed by atoms with Gasteiger partial charge in [-0.3, -0.25) is 9.59 Å². The zero-order valence-electron chi connectivity index (χ0n) is 9.36. The Morgan fingerprint density at radius 1 is 1.44 bits per heavy atom. The standard InChI is InChI=1S/C10H18N2O4/c1-2-3-11-8-6-16-5-7(8)10(15)12-4-9(13)14/h7-8,11H,2-6H2,1H3,(H,12,15)(H,13,14). The quantitative estimate of drug-likeness (QED) is 0.556. The van der Waals surface area contributed by atoms with Crippen LogP contribution in [0.5, 0.6) is 0 Å². The molecule has 2 atom stereocenters. The molecule has 0 aromatic rings. The minimum Gasteiger partial charge on any atom is -0.480 e. The Bertz CT molecular complexity index is 257. The largest absolute Gasteiger partial charge is 0.480 e. The van der Waals surface area contributed by atoms with Gasteiger partial charge in [0.1, 0.15) is 6.54 Å². The summed E-state index contributed by atoms with van der Waals surface area (Å²) in [6.45, 7) is 3.40. The van der Waals surface area contributed by atoms with E-state index in [-0.39, 0.29) is 24.4 Å². The van der Waals surface area contributed by atoms with E-state index in [1.165, 1.54) is 0 Å². The molecule has 1 aliphatic heterocycles. The van der Waals surface area contributed by atoms with Gasteiger partial charge in [-0.1, -0.05) is 6.92 Å². The second kappa shape index (κ2) is 6.44. The van der Waals surface area contributed by atoms with Gasteiger partial charge in [0, 0.05) is 6.04 Å². The van der Waals surface area contributed by atoms with Crippen molar-refractivity contribution in [1.29, 1.82) is 0 Å². The lowest BCUT2D eigenvalue weighted by molar-refractivity contribution is -0.138. The van der Waals surface area contributed by atoms with E-state index < -0.39 is 5.97 Å². The molecule has 1 rings (SSSR count). The second-order valence-electron chi connectivity index (χ2n) is 3.82. The van der Waals surface area contributed by atoms with Gasteiger partial charge in [0.2, 0.25) is 5.91 Å². The highest BCUT2D eigenvalue weighted by Gasteiger charge is 2.33. The number of ether oxygens (including phenoxy) is 1. The van der Waals surface area contributed by atoms with Crippen molar-refractivity contribution in [1.82, 2.24) is 10.6 Å². The van der Waals surface area contributed by atoms with Crippen LogP contribution >= 0.6 is 0 Å². The van der Waals surface area contributed by atoms with E-state index in [0.29, 0.717) is 13.2 Å². The van der Waals surface area contributed by atoms with Crippen LogP contribution in [0.3, 0.4) is 0 Å². The topological polar surface area (TPSA) is 87.7 Å². The molecule has 0 aliphatic carbocycles. The van der Waals surface area contributed by atoms with Crippen molar-refractivity contribution in [3.63, 3.8) is 0 Å². The van der Waals surface area contributed by atoms with Crippen molar-refractivity contribution in [3.8, 4) is 0 Å². The van der Waals surface area contributed by atoms with Gasteiger partial charge in [-0.05, 0) is 13.0 Å². The zero-order chi connectivity index (χ0) is 12.0. The van der Waals surface area contributed by atoms with Crippen LogP contribution in [0, 0.1) is 5.92 Å². The molecule has 1 aliphatic rings. The number of amides is 1. The number of aliphatic carboxylic acids is 1. The van der Waals surface area contributed by atoms with Crippen LogP contribution in [0.4, 0.5) is 0 Å². The molecule has 0 radical (unpaired) electrons. The average molecular weight is 230 g/mol. The first-order valence-corrected chi connectivity index (χ1v) is 5.45.